The van der Waals surface area contributed by atoms with E-state index in [1.807, 2.05) is 61.5 Å². The van der Waals surface area contributed by atoms with Crippen LogP contribution in [0.3, 0.4) is 0 Å². The van der Waals surface area contributed by atoms with Gasteiger partial charge in [0.2, 0.25) is 0 Å². The summed E-state index contributed by atoms with van der Waals surface area (Å²) in [5, 5.41) is 3.32. The summed E-state index contributed by atoms with van der Waals surface area (Å²) in [5.74, 6) is 0.000941. The number of hydrogen-bond donors (Lipinski definition) is 1. The quantitative estimate of drug-likeness (QED) is 0.492. The van der Waals surface area contributed by atoms with Crippen molar-refractivity contribution in [3.05, 3.63) is 65.9 Å². The van der Waals surface area contributed by atoms with Gasteiger partial charge in [0.05, 0.1) is 23.7 Å². The van der Waals surface area contributed by atoms with Crippen LogP contribution in [0.4, 0.5) is 5.82 Å². The predicted molar refractivity (Wildman–Crippen MR) is 103 cm³/mol. The van der Waals surface area contributed by atoms with Crippen LogP contribution in [0.2, 0.25) is 0 Å². The molecule has 0 radical (unpaired) electrons. The lowest BCUT2D eigenvalue weighted by atomic mass is 10.1. The Morgan fingerprint density at radius 2 is 1.69 bits per heavy atom. The molecule has 5 heteroatoms. The van der Waals surface area contributed by atoms with Crippen LogP contribution in [0.1, 0.15) is 48.8 Å². The average Bonchev–Trinajstić information content (AvgIpc) is 2.68. The van der Waals surface area contributed by atoms with Crippen LogP contribution in [0, 0.1) is 0 Å². The molecule has 0 bridgehead atoms. The molecule has 1 heterocycles. The number of carbonyl (C=O) groups is 1. The number of esters is 1. The molecule has 2 aromatic carbocycles. The van der Waals surface area contributed by atoms with Crippen LogP contribution >= 0.6 is 0 Å². The monoisotopic (exact) mass is 349 g/mol. The molecule has 3 rings (SSSR count). The number of anilines is 1. The second kappa shape index (κ2) is 8.43. The van der Waals surface area contributed by atoms with E-state index in [0.717, 1.165) is 23.9 Å². The van der Waals surface area contributed by atoms with E-state index in [9.17, 15) is 4.79 Å². The number of unbranched alkanes of at least 4 members (excludes halogenated alkanes) is 1. The Morgan fingerprint density at radius 3 is 2.38 bits per heavy atom. The second-order valence-corrected chi connectivity index (χ2v) is 6.18. The van der Waals surface area contributed by atoms with E-state index in [-0.39, 0.29) is 11.7 Å². The summed E-state index contributed by atoms with van der Waals surface area (Å²) < 4.78 is 5.36. The molecule has 0 aliphatic rings. The fraction of sp³-hybridized carbons (Fsp3) is 0.286. The molecule has 1 atom stereocenters. The fourth-order valence-electron chi connectivity index (χ4n) is 2.65. The average molecular weight is 349 g/mol. The SMILES string of the molecule is CCCCOC(=O)c1nc2ccccc2nc1N[C@H](C)c1ccccc1. The first-order valence-corrected chi connectivity index (χ1v) is 8.94. The molecule has 3 aromatic rings. The van der Waals surface area contributed by atoms with E-state index in [2.05, 4.69) is 22.2 Å². The minimum absolute atomic E-state index is 0.0196. The van der Waals surface area contributed by atoms with Crippen LogP contribution in [-0.4, -0.2) is 22.5 Å². The molecule has 134 valence electrons. The number of nitrogens with one attached hydrogen (secondary N) is 1. The van der Waals surface area contributed by atoms with Gasteiger partial charge in [0, 0.05) is 0 Å². The Bertz CT molecular complexity index is 881. The van der Waals surface area contributed by atoms with Gasteiger partial charge in [-0.15, -0.1) is 0 Å². The van der Waals surface area contributed by atoms with Crippen molar-refractivity contribution in [3.63, 3.8) is 0 Å². The first-order valence-electron chi connectivity index (χ1n) is 8.94. The second-order valence-electron chi connectivity index (χ2n) is 6.18. The summed E-state index contributed by atoms with van der Waals surface area (Å²) in [6, 6.07) is 17.5. The maximum absolute atomic E-state index is 12.5. The van der Waals surface area contributed by atoms with Gasteiger partial charge in [0.25, 0.3) is 0 Å². The smallest absolute Gasteiger partial charge is 0.360 e. The Kier molecular flexibility index (Phi) is 5.79. The standard InChI is InChI=1S/C21H23N3O2/c1-3-4-14-26-21(25)19-20(22-15(2)16-10-6-5-7-11-16)24-18-13-9-8-12-17(18)23-19/h5-13,15H,3-4,14H2,1-2H3,(H,22,24)/t15-/m1/s1. The number of benzene rings is 2. The summed E-state index contributed by atoms with van der Waals surface area (Å²) in [7, 11) is 0. The van der Waals surface area contributed by atoms with Crippen LogP contribution < -0.4 is 5.32 Å². The van der Waals surface area contributed by atoms with Gasteiger partial charge < -0.3 is 10.1 Å². The Hall–Kier alpha value is -2.95. The van der Waals surface area contributed by atoms with Crippen molar-refractivity contribution in [2.24, 2.45) is 0 Å². The fourth-order valence-corrected chi connectivity index (χ4v) is 2.65. The molecule has 1 aromatic heterocycles. The highest BCUT2D eigenvalue weighted by atomic mass is 16.5. The third kappa shape index (κ3) is 4.17. The topological polar surface area (TPSA) is 64.1 Å². The number of rotatable bonds is 7. The van der Waals surface area contributed by atoms with Crippen molar-refractivity contribution in [3.8, 4) is 0 Å². The molecule has 0 saturated carbocycles. The molecule has 0 aliphatic heterocycles. The van der Waals surface area contributed by atoms with Gasteiger partial charge in [0.15, 0.2) is 11.5 Å². The maximum Gasteiger partial charge on any atom is 0.360 e. The Morgan fingerprint density at radius 1 is 1.04 bits per heavy atom. The van der Waals surface area contributed by atoms with E-state index in [0.29, 0.717) is 17.9 Å². The molecule has 0 fully saturated rings. The minimum atomic E-state index is -0.445. The van der Waals surface area contributed by atoms with Crippen LogP contribution in [0.25, 0.3) is 11.0 Å². The number of nitrogens with zero attached hydrogens (tertiary/aromatic N) is 2. The zero-order chi connectivity index (χ0) is 18.4. The van der Waals surface area contributed by atoms with E-state index < -0.39 is 5.97 Å². The van der Waals surface area contributed by atoms with E-state index in [1.165, 1.54) is 0 Å². The molecule has 0 unspecified atom stereocenters. The summed E-state index contributed by atoms with van der Waals surface area (Å²) in [6.07, 6.45) is 1.79. The van der Waals surface area contributed by atoms with E-state index in [4.69, 9.17) is 4.74 Å². The maximum atomic E-state index is 12.5. The molecule has 0 saturated heterocycles. The van der Waals surface area contributed by atoms with Crippen molar-refractivity contribution in [2.75, 3.05) is 11.9 Å². The van der Waals surface area contributed by atoms with Crippen molar-refractivity contribution >= 4 is 22.8 Å². The molecule has 5 nitrogen and oxygen atoms in total. The molecular weight excluding hydrogens is 326 g/mol. The molecule has 1 N–H and O–H groups in total. The predicted octanol–water partition coefficient (Wildman–Crippen LogP) is 4.76. The van der Waals surface area contributed by atoms with Crippen LogP contribution in [0.15, 0.2) is 54.6 Å². The number of hydrogen-bond acceptors (Lipinski definition) is 5. The first-order chi connectivity index (χ1) is 12.7. The third-order valence-electron chi connectivity index (χ3n) is 4.15. The van der Waals surface area contributed by atoms with Gasteiger partial charge in [-0.05, 0) is 31.0 Å². The highest BCUT2D eigenvalue weighted by Gasteiger charge is 2.19. The van der Waals surface area contributed by atoms with Gasteiger partial charge in [-0.25, -0.2) is 14.8 Å². The molecule has 0 aliphatic carbocycles. The molecular formula is C21H23N3O2. The Labute approximate surface area is 153 Å². The summed E-state index contributed by atoms with van der Waals surface area (Å²) in [6.45, 7) is 4.47. The minimum Gasteiger partial charge on any atom is -0.461 e. The highest BCUT2D eigenvalue weighted by Crippen LogP contribution is 2.23. The third-order valence-corrected chi connectivity index (χ3v) is 4.15. The van der Waals surface area contributed by atoms with Crippen molar-refractivity contribution in [1.29, 1.82) is 0 Å². The lowest BCUT2D eigenvalue weighted by Gasteiger charge is -2.17. The van der Waals surface area contributed by atoms with Crippen molar-refractivity contribution in [2.45, 2.75) is 32.7 Å². The lowest BCUT2D eigenvalue weighted by Crippen LogP contribution is -2.16. The largest absolute Gasteiger partial charge is 0.461 e. The molecule has 26 heavy (non-hydrogen) atoms. The lowest BCUT2D eigenvalue weighted by molar-refractivity contribution is 0.0494. The number of fused-ring (bicyclic) bond motifs is 1. The van der Waals surface area contributed by atoms with Crippen LogP contribution in [-0.2, 0) is 4.74 Å². The van der Waals surface area contributed by atoms with Gasteiger partial charge in [-0.1, -0.05) is 55.8 Å². The summed E-state index contributed by atoms with van der Waals surface area (Å²) in [4.78, 5) is 21.7. The zero-order valence-electron chi connectivity index (χ0n) is 15.1. The van der Waals surface area contributed by atoms with E-state index in [1.54, 1.807) is 0 Å². The van der Waals surface area contributed by atoms with Gasteiger partial charge in [-0.3, -0.25) is 0 Å². The summed E-state index contributed by atoms with van der Waals surface area (Å²) >= 11 is 0. The molecule has 0 amide bonds. The number of ether oxygens (including phenoxy) is 1. The zero-order valence-corrected chi connectivity index (χ0v) is 15.1. The summed E-state index contributed by atoms with van der Waals surface area (Å²) in [5.41, 5.74) is 2.74. The van der Waals surface area contributed by atoms with Crippen molar-refractivity contribution < 1.29 is 9.53 Å². The number of carbonyl (C=O) groups excluding carboxylic acids is 1. The number of aromatic nitrogens is 2. The van der Waals surface area contributed by atoms with Gasteiger partial charge in [-0.2, -0.15) is 0 Å². The van der Waals surface area contributed by atoms with E-state index >= 15 is 0 Å². The Balaban J connectivity index is 1.93. The normalized spacial score (nSPS) is 11.9. The van der Waals surface area contributed by atoms with Gasteiger partial charge in [0.1, 0.15) is 0 Å². The highest BCUT2D eigenvalue weighted by molar-refractivity contribution is 5.95. The number of para-hydroxylation sites is 2. The first kappa shape index (κ1) is 17.9. The molecule has 0 spiro atoms. The van der Waals surface area contributed by atoms with Crippen LogP contribution in [0.5, 0.6) is 0 Å². The van der Waals surface area contributed by atoms with Gasteiger partial charge >= 0.3 is 5.97 Å². The van der Waals surface area contributed by atoms with Crippen molar-refractivity contribution in [1.82, 2.24) is 9.97 Å².